The van der Waals surface area contributed by atoms with Crippen molar-refractivity contribution in [2.24, 2.45) is 5.92 Å². The van der Waals surface area contributed by atoms with Crippen molar-refractivity contribution in [1.82, 2.24) is 10.2 Å². The van der Waals surface area contributed by atoms with Crippen LogP contribution < -0.4 is 14.8 Å². The molecule has 1 aliphatic heterocycles. The number of methoxy groups -OCH3 is 1. The number of rotatable bonds is 8. The number of benzene rings is 1. The molecule has 0 saturated carbocycles. The van der Waals surface area contributed by atoms with Crippen molar-refractivity contribution in [3.8, 4) is 11.5 Å². The number of nitrogens with zero attached hydrogens (tertiary/aromatic N) is 1. The highest BCUT2D eigenvalue weighted by molar-refractivity contribution is 5.85. The highest BCUT2D eigenvalue weighted by Gasteiger charge is 2.18. The molecule has 1 fully saturated rings. The lowest BCUT2D eigenvalue weighted by Gasteiger charge is -2.31. The Hall–Kier alpha value is -0.970. The average molecular weight is 329 g/mol. The molecule has 1 N–H and O–H groups in total. The number of para-hydroxylation sites is 2. The van der Waals surface area contributed by atoms with Gasteiger partial charge in [-0.15, -0.1) is 12.4 Å². The maximum absolute atomic E-state index is 5.84. The van der Waals surface area contributed by atoms with Crippen molar-refractivity contribution in [3.05, 3.63) is 24.3 Å². The fourth-order valence-electron chi connectivity index (χ4n) is 2.79. The number of piperidine rings is 1. The summed E-state index contributed by atoms with van der Waals surface area (Å²) in [5, 5.41) is 3.45. The standard InChI is InChI=1S/C17H28N2O2.ClH/c1-3-18-14-15-8-10-19(11-9-15)12-13-21-17-7-5-4-6-16(17)20-2;/h4-7,15,18H,3,8-14H2,1-2H3;1H. The van der Waals surface area contributed by atoms with Crippen LogP contribution in [0, 0.1) is 5.92 Å². The minimum atomic E-state index is 0. The maximum atomic E-state index is 5.84. The van der Waals surface area contributed by atoms with Gasteiger partial charge in [0.05, 0.1) is 7.11 Å². The average Bonchev–Trinajstić information content (AvgIpc) is 2.54. The normalized spacial score (nSPS) is 16.1. The topological polar surface area (TPSA) is 33.7 Å². The third kappa shape index (κ3) is 6.03. The van der Waals surface area contributed by atoms with E-state index in [9.17, 15) is 0 Å². The zero-order valence-corrected chi connectivity index (χ0v) is 14.5. The van der Waals surface area contributed by atoms with Crippen LogP contribution >= 0.6 is 12.4 Å². The quantitative estimate of drug-likeness (QED) is 0.795. The molecule has 1 aliphatic rings. The Labute approximate surface area is 140 Å². The molecular weight excluding hydrogens is 300 g/mol. The van der Waals surface area contributed by atoms with E-state index in [1.165, 1.54) is 32.5 Å². The lowest BCUT2D eigenvalue weighted by molar-refractivity contribution is 0.152. The molecule has 5 heteroatoms. The lowest BCUT2D eigenvalue weighted by Crippen LogP contribution is -2.39. The monoisotopic (exact) mass is 328 g/mol. The van der Waals surface area contributed by atoms with Gasteiger partial charge in [0.1, 0.15) is 6.61 Å². The summed E-state index contributed by atoms with van der Waals surface area (Å²) < 4.78 is 11.1. The minimum absolute atomic E-state index is 0. The van der Waals surface area contributed by atoms with Crippen LogP contribution in [0.1, 0.15) is 19.8 Å². The molecule has 0 atom stereocenters. The first-order valence-corrected chi connectivity index (χ1v) is 8.02. The summed E-state index contributed by atoms with van der Waals surface area (Å²) >= 11 is 0. The van der Waals surface area contributed by atoms with Gasteiger partial charge in [-0.3, -0.25) is 4.90 Å². The second-order valence-corrected chi connectivity index (χ2v) is 5.59. The summed E-state index contributed by atoms with van der Waals surface area (Å²) in [6, 6.07) is 7.83. The Bertz CT molecular complexity index is 409. The number of hydrogen-bond donors (Lipinski definition) is 1. The highest BCUT2D eigenvalue weighted by atomic mass is 35.5. The summed E-state index contributed by atoms with van der Waals surface area (Å²) in [5.41, 5.74) is 0. The van der Waals surface area contributed by atoms with Crippen molar-refractivity contribution in [2.45, 2.75) is 19.8 Å². The third-order valence-corrected chi connectivity index (χ3v) is 4.12. The molecule has 0 bridgehead atoms. The van der Waals surface area contributed by atoms with Gasteiger partial charge in [-0.2, -0.15) is 0 Å². The molecule has 4 nitrogen and oxygen atoms in total. The minimum Gasteiger partial charge on any atom is -0.493 e. The van der Waals surface area contributed by atoms with E-state index in [1.54, 1.807) is 7.11 Å². The molecule has 0 unspecified atom stereocenters. The Morgan fingerprint density at radius 1 is 1.18 bits per heavy atom. The van der Waals surface area contributed by atoms with Crippen LogP contribution in [-0.4, -0.2) is 51.3 Å². The van der Waals surface area contributed by atoms with Crippen molar-refractivity contribution in [2.75, 3.05) is 46.4 Å². The van der Waals surface area contributed by atoms with Gasteiger partial charge >= 0.3 is 0 Å². The Balaban J connectivity index is 0.00000242. The predicted octanol–water partition coefficient (Wildman–Crippen LogP) is 2.82. The molecule has 0 spiro atoms. The van der Waals surface area contributed by atoms with Crippen LogP contribution in [0.3, 0.4) is 0 Å². The smallest absolute Gasteiger partial charge is 0.161 e. The first-order chi connectivity index (χ1) is 10.3. The Morgan fingerprint density at radius 3 is 2.50 bits per heavy atom. The second kappa shape index (κ2) is 10.7. The number of hydrogen-bond acceptors (Lipinski definition) is 4. The number of likely N-dealkylation sites (tertiary alicyclic amines) is 1. The molecular formula is C17H29ClN2O2. The maximum Gasteiger partial charge on any atom is 0.161 e. The summed E-state index contributed by atoms with van der Waals surface area (Å²) in [6.07, 6.45) is 2.59. The zero-order valence-electron chi connectivity index (χ0n) is 13.7. The Kier molecular flexibility index (Phi) is 9.28. The number of ether oxygens (including phenoxy) is 2. The molecule has 126 valence electrons. The molecule has 22 heavy (non-hydrogen) atoms. The fraction of sp³-hybridized carbons (Fsp3) is 0.647. The second-order valence-electron chi connectivity index (χ2n) is 5.59. The van der Waals surface area contributed by atoms with E-state index in [-0.39, 0.29) is 12.4 Å². The molecule has 2 rings (SSSR count). The summed E-state index contributed by atoms with van der Waals surface area (Å²) in [7, 11) is 1.68. The van der Waals surface area contributed by atoms with Crippen LogP contribution in [0.25, 0.3) is 0 Å². The SMILES string of the molecule is CCNCC1CCN(CCOc2ccccc2OC)CC1.Cl. The van der Waals surface area contributed by atoms with E-state index in [0.717, 1.165) is 37.1 Å². The van der Waals surface area contributed by atoms with Gasteiger partial charge in [-0.05, 0) is 57.1 Å². The van der Waals surface area contributed by atoms with Gasteiger partial charge in [0.15, 0.2) is 11.5 Å². The molecule has 0 amide bonds. The predicted molar refractivity (Wildman–Crippen MR) is 93.4 cm³/mol. The molecule has 0 aromatic heterocycles. The van der Waals surface area contributed by atoms with E-state index in [1.807, 2.05) is 24.3 Å². The van der Waals surface area contributed by atoms with E-state index in [0.29, 0.717) is 0 Å². The number of nitrogens with one attached hydrogen (secondary N) is 1. The van der Waals surface area contributed by atoms with Crippen LogP contribution in [0.15, 0.2) is 24.3 Å². The molecule has 0 radical (unpaired) electrons. The van der Waals surface area contributed by atoms with E-state index < -0.39 is 0 Å². The summed E-state index contributed by atoms with van der Waals surface area (Å²) in [5.74, 6) is 2.49. The molecule has 1 aromatic carbocycles. The molecule has 1 saturated heterocycles. The highest BCUT2D eigenvalue weighted by Crippen LogP contribution is 2.25. The largest absolute Gasteiger partial charge is 0.493 e. The van der Waals surface area contributed by atoms with E-state index in [2.05, 4.69) is 17.1 Å². The van der Waals surface area contributed by atoms with Gasteiger partial charge in [-0.1, -0.05) is 19.1 Å². The molecule has 1 heterocycles. The van der Waals surface area contributed by atoms with Gasteiger partial charge in [-0.25, -0.2) is 0 Å². The van der Waals surface area contributed by atoms with Crippen LogP contribution in [0.2, 0.25) is 0 Å². The lowest BCUT2D eigenvalue weighted by atomic mass is 9.97. The summed E-state index contributed by atoms with van der Waals surface area (Å²) in [6.45, 7) is 8.50. The van der Waals surface area contributed by atoms with E-state index in [4.69, 9.17) is 9.47 Å². The Morgan fingerprint density at radius 2 is 1.86 bits per heavy atom. The molecule has 1 aromatic rings. The van der Waals surface area contributed by atoms with Gasteiger partial charge < -0.3 is 14.8 Å². The van der Waals surface area contributed by atoms with Crippen LogP contribution in [-0.2, 0) is 0 Å². The third-order valence-electron chi connectivity index (χ3n) is 4.12. The summed E-state index contributed by atoms with van der Waals surface area (Å²) in [4.78, 5) is 2.50. The zero-order chi connectivity index (χ0) is 14.9. The van der Waals surface area contributed by atoms with Gasteiger partial charge in [0.2, 0.25) is 0 Å². The van der Waals surface area contributed by atoms with Crippen LogP contribution in [0.5, 0.6) is 11.5 Å². The van der Waals surface area contributed by atoms with Crippen molar-refractivity contribution in [1.29, 1.82) is 0 Å². The van der Waals surface area contributed by atoms with Gasteiger partial charge in [0.25, 0.3) is 0 Å². The number of halogens is 1. The van der Waals surface area contributed by atoms with Crippen molar-refractivity contribution in [3.63, 3.8) is 0 Å². The van der Waals surface area contributed by atoms with E-state index >= 15 is 0 Å². The molecule has 0 aliphatic carbocycles. The fourth-order valence-corrected chi connectivity index (χ4v) is 2.79. The first-order valence-electron chi connectivity index (χ1n) is 8.02. The van der Waals surface area contributed by atoms with Crippen molar-refractivity contribution >= 4 is 12.4 Å². The van der Waals surface area contributed by atoms with Gasteiger partial charge in [0, 0.05) is 6.54 Å². The first kappa shape index (κ1) is 19.1. The van der Waals surface area contributed by atoms with Crippen LogP contribution in [0.4, 0.5) is 0 Å². The van der Waals surface area contributed by atoms with Crippen molar-refractivity contribution < 1.29 is 9.47 Å².